The summed E-state index contributed by atoms with van der Waals surface area (Å²) in [7, 11) is 1.79. The van der Waals surface area contributed by atoms with E-state index in [-0.39, 0.29) is 0 Å². The van der Waals surface area contributed by atoms with Crippen molar-refractivity contribution in [3.05, 3.63) is 41.6 Å². The number of nitrogens with one attached hydrogen (secondary N) is 1. The molecule has 102 valence electrons. The van der Waals surface area contributed by atoms with E-state index < -0.39 is 11.6 Å². The highest BCUT2D eigenvalue weighted by Crippen LogP contribution is 2.23. The van der Waals surface area contributed by atoms with Crippen molar-refractivity contribution in [1.82, 2.24) is 15.1 Å². The van der Waals surface area contributed by atoms with Crippen molar-refractivity contribution in [2.24, 2.45) is 7.05 Å². The minimum atomic E-state index is -0.590. The first-order chi connectivity index (χ1) is 9.10. The molecule has 0 aliphatic carbocycles. The topological polar surface area (TPSA) is 29.9 Å². The fourth-order valence-electron chi connectivity index (χ4n) is 2.00. The third kappa shape index (κ3) is 3.38. The minimum absolute atomic E-state index is 0.464. The van der Waals surface area contributed by atoms with Crippen molar-refractivity contribution < 1.29 is 8.78 Å². The van der Waals surface area contributed by atoms with Gasteiger partial charge in [0, 0.05) is 37.0 Å². The van der Waals surface area contributed by atoms with E-state index in [2.05, 4.69) is 17.3 Å². The molecule has 0 amide bonds. The van der Waals surface area contributed by atoms with Crippen LogP contribution >= 0.6 is 0 Å². The van der Waals surface area contributed by atoms with E-state index in [1.165, 1.54) is 12.1 Å². The monoisotopic (exact) mass is 265 g/mol. The van der Waals surface area contributed by atoms with Gasteiger partial charge >= 0.3 is 0 Å². The Hall–Kier alpha value is -1.75. The average Bonchev–Trinajstić information content (AvgIpc) is 2.70. The van der Waals surface area contributed by atoms with Crippen LogP contribution in [0.15, 0.2) is 24.4 Å². The van der Waals surface area contributed by atoms with Gasteiger partial charge in [-0.3, -0.25) is 4.68 Å². The average molecular weight is 265 g/mol. The summed E-state index contributed by atoms with van der Waals surface area (Å²) in [4.78, 5) is 0. The number of hydrogen-bond donors (Lipinski definition) is 1. The van der Waals surface area contributed by atoms with Crippen molar-refractivity contribution in [1.29, 1.82) is 0 Å². The van der Waals surface area contributed by atoms with Gasteiger partial charge in [-0.2, -0.15) is 5.10 Å². The number of nitrogens with zero attached hydrogens (tertiary/aromatic N) is 2. The van der Waals surface area contributed by atoms with Crippen LogP contribution in [0.2, 0.25) is 0 Å². The molecular formula is C14H17F2N3. The molecule has 0 saturated carbocycles. The van der Waals surface area contributed by atoms with Crippen LogP contribution in [-0.4, -0.2) is 16.3 Å². The van der Waals surface area contributed by atoms with Gasteiger partial charge in [-0.05, 0) is 25.1 Å². The molecule has 0 atom stereocenters. The molecule has 1 N–H and O–H groups in total. The van der Waals surface area contributed by atoms with E-state index in [0.29, 0.717) is 17.8 Å². The Bertz CT molecular complexity index is 544. The Labute approximate surface area is 111 Å². The second kappa shape index (κ2) is 5.93. The third-order valence-electron chi connectivity index (χ3n) is 2.78. The number of rotatable bonds is 5. The molecule has 0 unspecified atom stereocenters. The van der Waals surface area contributed by atoms with Crippen molar-refractivity contribution >= 4 is 0 Å². The van der Waals surface area contributed by atoms with E-state index in [9.17, 15) is 8.78 Å². The summed E-state index contributed by atoms with van der Waals surface area (Å²) >= 11 is 0. The highest BCUT2D eigenvalue weighted by atomic mass is 19.1. The zero-order valence-corrected chi connectivity index (χ0v) is 11.1. The highest BCUT2D eigenvalue weighted by Gasteiger charge is 2.12. The number of halogens is 2. The summed E-state index contributed by atoms with van der Waals surface area (Å²) in [5, 5.41) is 7.55. The number of aryl methyl sites for hydroxylation is 1. The molecule has 2 rings (SSSR count). The van der Waals surface area contributed by atoms with Crippen LogP contribution in [-0.2, 0) is 13.6 Å². The fraction of sp³-hybridized carbons (Fsp3) is 0.357. The van der Waals surface area contributed by atoms with E-state index in [0.717, 1.165) is 24.6 Å². The predicted molar refractivity (Wildman–Crippen MR) is 70.6 cm³/mol. The van der Waals surface area contributed by atoms with Crippen LogP contribution in [0.4, 0.5) is 8.78 Å². The second-order valence-electron chi connectivity index (χ2n) is 4.51. The molecule has 1 aromatic heterocycles. The lowest BCUT2D eigenvalue weighted by Crippen LogP contribution is -2.13. The van der Waals surface area contributed by atoms with Gasteiger partial charge in [0.25, 0.3) is 0 Å². The maximum Gasteiger partial charge on any atom is 0.126 e. The van der Waals surface area contributed by atoms with Crippen molar-refractivity contribution in [2.75, 3.05) is 6.54 Å². The quantitative estimate of drug-likeness (QED) is 0.842. The summed E-state index contributed by atoms with van der Waals surface area (Å²) in [6.45, 7) is 3.61. The number of hydrogen-bond acceptors (Lipinski definition) is 2. The van der Waals surface area contributed by atoms with E-state index >= 15 is 0 Å². The molecule has 0 spiro atoms. The number of benzene rings is 1. The van der Waals surface area contributed by atoms with E-state index in [4.69, 9.17) is 0 Å². The second-order valence-corrected chi connectivity index (χ2v) is 4.51. The molecule has 0 bridgehead atoms. The van der Waals surface area contributed by atoms with Gasteiger partial charge < -0.3 is 5.32 Å². The van der Waals surface area contributed by atoms with Crippen LogP contribution in [0.3, 0.4) is 0 Å². The molecule has 0 aliphatic heterocycles. The molecule has 19 heavy (non-hydrogen) atoms. The molecule has 0 fully saturated rings. The summed E-state index contributed by atoms with van der Waals surface area (Å²) in [6, 6.07) is 3.46. The molecule has 1 heterocycles. The molecule has 0 aliphatic rings. The molecule has 5 heteroatoms. The van der Waals surface area contributed by atoms with Crippen molar-refractivity contribution in [2.45, 2.75) is 19.9 Å². The maximum absolute atomic E-state index is 13.3. The van der Waals surface area contributed by atoms with Crippen LogP contribution in [0.1, 0.15) is 18.9 Å². The highest BCUT2D eigenvalue weighted by molar-refractivity contribution is 5.62. The third-order valence-corrected chi connectivity index (χ3v) is 2.78. The molecule has 3 nitrogen and oxygen atoms in total. The van der Waals surface area contributed by atoms with Gasteiger partial charge in [0.15, 0.2) is 0 Å². The Kier molecular flexibility index (Phi) is 4.27. The standard InChI is InChI=1S/C14H17F2N3/c1-3-4-17-8-11-9-19(2)18-14(11)10-5-12(15)7-13(16)6-10/h5-7,9,17H,3-4,8H2,1-2H3. The van der Waals surface area contributed by atoms with Crippen LogP contribution in [0.25, 0.3) is 11.3 Å². The van der Waals surface area contributed by atoms with Gasteiger partial charge in [0.05, 0.1) is 5.69 Å². The minimum Gasteiger partial charge on any atom is -0.313 e. The summed E-state index contributed by atoms with van der Waals surface area (Å²) in [5.74, 6) is -1.18. The normalized spacial score (nSPS) is 10.9. The molecule has 0 radical (unpaired) electrons. The Morgan fingerprint density at radius 2 is 1.89 bits per heavy atom. The summed E-state index contributed by atoms with van der Waals surface area (Å²) < 4.78 is 28.2. The molecule has 2 aromatic rings. The van der Waals surface area contributed by atoms with Crippen molar-refractivity contribution in [3.8, 4) is 11.3 Å². The smallest absolute Gasteiger partial charge is 0.126 e. The Balaban J connectivity index is 2.32. The lowest BCUT2D eigenvalue weighted by atomic mass is 10.1. The van der Waals surface area contributed by atoms with Gasteiger partial charge in [0.1, 0.15) is 11.6 Å². The summed E-state index contributed by atoms with van der Waals surface area (Å²) in [5.41, 5.74) is 2.01. The maximum atomic E-state index is 13.3. The molecule has 0 saturated heterocycles. The van der Waals surface area contributed by atoms with Gasteiger partial charge in [-0.15, -0.1) is 0 Å². The largest absolute Gasteiger partial charge is 0.313 e. The Morgan fingerprint density at radius 3 is 2.53 bits per heavy atom. The van der Waals surface area contributed by atoms with Gasteiger partial charge in [0.2, 0.25) is 0 Å². The first kappa shape index (κ1) is 13.7. The summed E-state index contributed by atoms with van der Waals surface area (Å²) in [6.07, 6.45) is 2.89. The lowest BCUT2D eigenvalue weighted by molar-refractivity contribution is 0.584. The van der Waals surface area contributed by atoms with Crippen molar-refractivity contribution in [3.63, 3.8) is 0 Å². The predicted octanol–water partition coefficient (Wildman–Crippen LogP) is 2.86. The lowest BCUT2D eigenvalue weighted by Gasteiger charge is -2.04. The molecular weight excluding hydrogens is 248 g/mol. The molecule has 1 aromatic carbocycles. The first-order valence-corrected chi connectivity index (χ1v) is 6.30. The zero-order valence-electron chi connectivity index (χ0n) is 11.1. The number of aromatic nitrogens is 2. The SMILES string of the molecule is CCCNCc1cn(C)nc1-c1cc(F)cc(F)c1. The Morgan fingerprint density at radius 1 is 1.21 bits per heavy atom. The van der Waals surface area contributed by atoms with Crippen LogP contribution in [0, 0.1) is 11.6 Å². The zero-order chi connectivity index (χ0) is 13.8. The van der Waals surface area contributed by atoms with E-state index in [1.807, 2.05) is 6.20 Å². The van der Waals surface area contributed by atoms with Crippen LogP contribution in [0.5, 0.6) is 0 Å². The fourth-order valence-corrected chi connectivity index (χ4v) is 2.00. The van der Waals surface area contributed by atoms with Gasteiger partial charge in [-0.1, -0.05) is 6.92 Å². The van der Waals surface area contributed by atoms with E-state index in [1.54, 1.807) is 11.7 Å². The van der Waals surface area contributed by atoms with Crippen LogP contribution < -0.4 is 5.32 Å². The van der Waals surface area contributed by atoms with Gasteiger partial charge in [-0.25, -0.2) is 8.78 Å². The first-order valence-electron chi connectivity index (χ1n) is 6.30.